The highest BCUT2D eigenvalue weighted by atomic mass is 16.2. The van der Waals surface area contributed by atoms with Gasteiger partial charge in [-0.3, -0.25) is 14.4 Å². The summed E-state index contributed by atoms with van der Waals surface area (Å²) in [6, 6.07) is 8.83. The maximum Gasteiger partial charge on any atom is 0.243 e. The van der Waals surface area contributed by atoms with E-state index in [1.807, 2.05) is 74.5 Å². The largest absolute Gasteiger partial charge is 0.344 e. The van der Waals surface area contributed by atoms with Crippen molar-refractivity contribution in [2.75, 3.05) is 13.1 Å². The van der Waals surface area contributed by atoms with Crippen LogP contribution < -0.4 is 10.6 Å². The van der Waals surface area contributed by atoms with Crippen LogP contribution in [0, 0.1) is 18.8 Å². The number of hydrogen-bond donors (Lipinski definition) is 2. The van der Waals surface area contributed by atoms with Crippen LogP contribution in [0.1, 0.15) is 76.6 Å². The van der Waals surface area contributed by atoms with Crippen molar-refractivity contribution in [2.45, 2.75) is 85.4 Å². The van der Waals surface area contributed by atoms with E-state index >= 15 is 0 Å². The predicted octanol–water partition coefficient (Wildman–Crippen LogP) is 3.19. The molecule has 0 saturated heterocycles. The maximum atomic E-state index is 13.6. The zero-order valence-electron chi connectivity index (χ0n) is 22.9. The average Bonchev–Trinajstić information content (AvgIpc) is 3.23. The number of aryl methyl sites for hydroxylation is 1. The molecule has 202 valence electrons. The van der Waals surface area contributed by atoms with Gasteiger partial charge in [0.25, 0.3) is 0 Å². The van der Waals surface area contributed by atoms with Crippen LogP contribution in [0.3, 0.4) is 0 Å². The Balaban J connectivity index is 1.99. The Morgan fingerprint density at radius 3 is 2.49 bits per heavy atom. The fourth-order valence-electron chi connectivity index (χ4n) is 4.65. The van der Waals surface area contributed by atoms with Crippen LogP contribution in [-0.2, 0) is 27.3 Å². The van der Waals surface area contributed by atoms with Crippen LogP contribution in [0.5, 0.6) is 0 Å². The molecule has 0 spiro atoms. The summed E-state index contributed by atoms with van der Waals surface area (Å²) in [6.07, 6.45) is 2.52. The minimum atomic E-state index is -0.658. The molecule has 9 heteroatoms. The Morgan fingerprint density at radius 2 is 1.81 bits per heavy atom. The maximum absolute atomic E-state index is 13.6. The molecule has 3 rings (SSSR count). The Morgan fingerprint density at radius 1 is 1.08 bits per heavy atom. The van der Waals surface area contributed by atoms with Crippen LogP contribution in [-0.4, -0.2) is 56.5 Å². The second-order valence-electron chi connectivity index (χ2n) is 10.5. The van der Waals surface area contributed by atoms with Crippen molar-refractivity contribution >= 4 is 17.7 Å². The third kappa shape index (κ3) is 8.13. The molecule has 9 nitrogen and oxygen atoms in total. The molecule has 0 bridgehead atoms. The quantitative estimate of drug-likeness (QED) is 0.620. The Labute approximate surface area is 220 Å². The number of hydrogen-bond acceptors (Lipinski definition) is 5. The van der Waals surface area contributed by atoms with Gasteiger partial charge >= 0.3 is 0 Å². The van der Waals surface area contributed by atoms with Crippen LogP contribution in [0.15, 0.2) is 30.3 Å². The molecule has 2 heterocycles. The third-order valence-corrected chi connectivity index (χ3v) is 6.88. The molecular formula is C28H42N6O3. The van der Waals surface area contributed by atoms with Gasteiger partial charge in [-0.1, -0.05) is 64.4 Å². The van der Waals surface area contributed by atoms with E-state index in [1.54, 1.807) is 0 Å². The van der Waals surface area contributed by atoms with Crippen molar-refractivity contribution in [1.82, 2.24) is 30.3 Å². The fraction of sp³-hybridized carbons (Fsp3) is 0.607. The smallest absolute Gasteiger partial charge is 0.243 e. The van der Waals surface area contributed by atoms with Crippen molar-refractivity contribution in [3.05, 3.63) is 47.5 Å². The van der Waals surface area contributed by atoms with Crippen LogP contribution in [0.2, 0.25) is 0 Å². The number of rotatable bonds is 6. The van der Waals surface area contributed by atoms with Crippen molar-refractivity contribution in [2.24, 2.45) is 11.8 Å². The van der Waals surface area contributed by atoms with Crippen LogP contribution in [0.4, 0.5) is 0 Å². The van der Waals surface area contributed by atoms with Crippen molar-refractivity contribution < 1.29 is 14.4 Å². The lowest BCUT2D eigenvalue weighted by Gasteiger charge is -2.28. The molecule has 37 heavy (non-hydrogen) atoms. The summed E-state index contributed by atoms with van der Waals surface area (Å²) >= 11 is 0. The van der Waals surface area contributed by atoms with E-state index in [2.05, 4.69) is 15.7 Å². The summed E-state index contributed by atoms with van der Waals surface area (Å²) in [5.74, 6) is 1.14. The van der Waals surface area contributed by atoms with Gasteiger partial charge in [0.1, 0.15) is 17.7 Å². The summed E-state index contributed by atoms with van der Waals surface area (Å²) < 4.78 is 1.82. The lowest BCUT2D eigenvalue weighted by atomic mass is 9.97. The highest BCUT2D eigenvalue weighted by Crippen LogP contribution is 2.20. The van der Waals surface area contributed by atoms with Crippen molar-refractivity contribution in [3.8, 4) is 0 Å². The first-order valence-corrected chi connectivity index (χ1v) is 13.5. The molecule has 0 aliphatic carbocycles. The molecule has 3 amide bonds. The standard InChI is InChI=1S/C28H42N6O3/c1-6-20(4)26-28(37)30-23(18-22-11-8-7-9-12-22)27-29-21(5)32-34(27)16-15-33(25(36)17-19(2)3)14-10-13-24(35)31-26/h7-9,11-12,19-20,23,26H,6,10,13-18H2,1-5H3,(H,30,37)(H,31,35)/t20-,23-,26-/m0/s1. The molecule has 0 radical (unpaired) electrons. The molecule has 1 aliphatic rings. The molecule has 2 aromatic rings. The van der Waals surface area contributed by atoms with E-state index in [9.17, 15) is 14.4 Å². The zero-order chi connectivity index (χ0) is 26.9. The van der Waals surface area contributed by atoms with Crippen molar-refractivity contribution in [3.63, 3.8) is 0 Å². The number of nitrogens with one attached hydrogen (secondary N) is 2. The molecule has 0 fully saturated rings. The van der Waals surface area contributed by atoms with Gasteiger partial charge in [-0.25, -0.2) is 9.67 Å². The SMILES string of the molecule is CC[C@H](C)[C@@H]1NC(=O)CCCN(C(=O)CC(C)C)CCn2nc(C)nc2[C@H](Cc2ccccc2)NC1=O. The highest BCUT2D eigenvalue weighted by molar-refractivity contribution is 5.88. The van der Waals surface area contributed by atoms with E-state index in [1.165, 1.54) is 0 Å². The summed E-state index contributed by atoms with van der Waals surface area (Å²) in [6.45, 7) is 11.3. The number of carbonyl (C=O) groups excluding carboxylic acids is 3. The second kappa shape index (κ2) is 13.4. The third-order valence-electron chi connectivity index (χ3n) is 6.88. The Bertz CT molecular complexity index is 1050. The molecular weight excluding hydrogens is 468 g/mol. The fourth-order valence-corrected chi connectivity index (χ4v) is 4.65. The highest BCUT2D eigenvalue weighted by Gasteiger charge is 2.30. The molecule has 0 unspecified atom stereocenters. The average molecular weight is 511 g/mol. The van der Waals surface area contributed by atoms with E-state index < -0.39 is 12.1 Å². The van der Waals surface area contributed by atoms with Gasteiger partial charge in [-0.15, -0.1) is 0 Å². The van der Waals surface area contributed by atoms with E-state index in [0.717, 1.165) is 12.0 Å². The zero-order valence-corrected chi connectivity index (χ0v) is 22.9. The van der Waals surface area contributed by atoms with Gasteiger partial charge in [-0.2, -0.15) is 5.10 Å². The van der Waals surface area contributed by atoms with Crippen LogP contribution >= 0.6 is 0 Å². The van der Waals surface area contributed by atoms with Crippen molar-refractivity contribution in [1.29, 1.82) is 0 Å². The molecule has 2 N–H and O–H groups in total. The topological polar surface area (TPSA) is 109 Å². The summed E-state index contributed by atoms with van der Waals surface area (Å²) in [7, 11) is 0. The van der Waals surface area contributed by atoms with Gasteiger partial charge in [0.2, 0.25) is 17.7 Å². The number of amides is 3. The minimum Gasteiger partial charge on any atom is -0.344 e. The minimum absolute atomic E-state index is 0.0436. The number of nitrogens with zero attached hydrogens (tertiary/aromatic N) is 4. The lowest BCUT2D eigenvalue weighted by Crippen LogP contribution is -2.51. The monoisotopic (exact) mass is 510 g/mol. The number of fused-ring (bicyclic) bond motifs is 1. The predicted molar refractivity (Wildman–Crippen MR) is 142 cm³/mol. The first-order chi connectivity index (χ1) is 17.7. The van der Waals surface area contributed by atoms with E-state index in [-0.39, 0.29) is 36.0 Å². The van der Waals surface area contributed by atoms with Gasteiger partial charge in [0.05, 0.1) is 12.6 Å². The molecule has 1 aliphatic heterocycles. The molecule has 1 aromatic heterocycles. The lowest BCUT2D eigenvalue weighted by molar-refractivity contribution is -0.133. The molecule has 3 atom stereocenters. The first kappa shape index (κ1) is 28.3. The summed E-state index contributed by atoms with van der Waals surface area (Å²) in [5.41, 5.74) is 1.05. The van der Waals surface area contributed by atoms with Gasteiger partial charge in [0.15, 0.2) is 0 Å². The van der Waals surface area contributed by atoms with Gasteiger partial charge in [-0.05, 0) is 37.2 Å². The van der Waals surface area contributed by atoms with Gasteiger partial charge in [0, 0.05) is 25.9 Å². The first-order valence-electron chi connectivity index (χ1n) is 13.5. The number of benzene rings is 1. The number of carbonyl (C=O) groups is 3. The number of aromatic nitrogens is 3. The normalized spacial score (nSPS) is 20.5. The van der Waals surface area contributed by atoms with Crippen LogP contribution in [0.25, 0.3) is 0 Å². The van der Waals surface area contributed by atoms with E-state index in [0.29, 0.717) is 50.5 Å². The Hall–Kier alpha value is -3.23. The second-order valence-corrected chi connectivity index (χ2v) is 10.5. The summed E-state index contributed by atoms with van der Waals surface area (Å²) in [5, 5.41) is 10.8. The van der Waals surface area contributed by atoms with Gasteiger partial charge < -0.3 is 15.5 Å². The summed E-state index contributed by atoms with van der Waals surface area (Å²) in [4.78, 5) is 45.9. The van der Waals surface area contributed by atoms with E-state index in [4.69, 9.17) is 4.98 Å². The molecule has 0 saturated carbocycles. The molecule has 1 aromatic carbocycles. The Kier molecular flexibility index (Phi) is 10.2.